The fourth-order valence-corrected chi connectivity index (χ4v) is 3.98. The Kier molecular flexibility index (Phi) is 10.0. The van der Waals surface area contributed by atoms with Crippen molar-refractivity contribution in [3.05, 3.63) is 54.3 Å². The van der Waals surface area contributed by atoms with Gasteiger partial charge in [0.15, 0.2) is 15.8 Å². The number of ether oxygens (including phenoxy) is 1. The van der Waals surface area contributed by atoms with Crippen LogP contribution in [0, 0.1) is 5.82 Å². The van der Waals surface area contributed by atoms with E-state index < -0.39 is 9.84 Å². The van der Waals surface area contributed by atoms with Crippen molar-refractivity contribution in [3.63, 3.8) is 0 Å². The van der Waals surface area contributed by atoms with Gasteiger partial charge in [-0.3, -0.25) is 0 Å². The highest BCUT2D eigenvalue weighted by molar-refractivity contribution is 14.0. The summed E-state index contributed by atoms with van der Waals surface area (Å²) in [6, 6.07) is 13.0. The zero-order chi connectivity index (χ0) is 22.3. The van der Waals surface area contributed by atoms with Gasteiger partial charge in [0.05, 0.1) is 11.4 Å². The van der Waals surface area contributed by atoms with Gasteiger partial charge >= 0.3 is 0 Å². The topological polar surface area (TPSA) is 74.2 Å². The molecule has 0 aromatic heterocycles. The maximum Gasteiger partial charge on any atom is 0.194 e. The lowest BCUT2D eigenvalue weighted by Crippen LogP contribution is -2.52. The van der Waals surface area contributed by atoms with Crippen LogP contribution in [0.5, 0.6) is 5.75 Å². The van der Waals surface area contributed by atoms with E-state index in [1.165, 1.54) is 18.4 Å². The van der Waals surface area contributed by atoms with Crippen molar-refractivity contribution in [2.45, 2.75) is 11.8 Å². The maximum absolute atomic E-state index is 13.1. The molecule has 1 aliphatic heterocycles. The molecular weight excluding hydrogens is 546 g/mol. The summed E-state index contributed by atoms with van der Waals surface area (Å²) in [6.07, 6.45) is 1.18. The Morgan fingerprint density at radius 2 is 1.69 bits per heavy atom. The third kappa shape index (κ3) is 7.51. The first-order chi connectivity index (χ1) is 14.9. The highest BCUT2D eigenvalue weighted by atomic mass is 127. The predicted octanol–water partition coefficient (Wildman–Crippen LogP) is 3.01. The highest BCUT2D eigenvalue weighted by Gasteiger charge is 2.19. The Balaban J connectivity index is 0.00000363. The van der Waals surface area contributed by atoms with E-state index in [-0.39, 0.29) is 34.7 Å². The SMILES string of the molecule is CCNC(=NCCOc1ccc(S(C)(=O)=O)cc1)N1CCN(c2ccc(F)cc2)CC1.I. The van der Waals surface area contributed by atoms with E-state index in [1.807, 2.05) is 19.1 Å². The van der Waals surface area contributed by atoms with Crippen LogP contribution < -0.4 is 15.0 Å². The average molecular weight is 576 g/mol. The molecule has 0 spiro atoms. The standard InChI is InChI=1S/C22H29FN4O3S.HI/c1-3-24-22(25-12-17-30-20-8-10-21(11-9-20)31(2,28)29)27-15-13-26(14-16-27)19-6-4-18(23)5-7-19;/h4-11H,3,12-17H2,1-2H3,(H,24,25);1H. The summed E-state index contributed by atoms with van der Waals surface area (Å²) in [5.41, 5.74) is 1.03. The van der Waals surface area contributed by atoms with E-state index in [1.54, 1.807) is 24.3 Å². The number of nitrogens with zero attached hydrogens (tertiary/aromatic N) is 3. The van der Waals surface area contributed by atoms with Gasteiger partial charge in [-0.15, -0.1) is 24.0 Å². The second-order valence-corrected chi connectivity index (χ2v) is 9.29. The van der Waals surface area contributed by atoms with E-state index in [2.05, 4.69) is 20.1 Å². The average Bonchev–Trinajstić information content (AvgIpc) is 2.76. The summed E-state index contributed by atoms with van der Waals surface area (Å²) < 4.78 is 41.9. The van der Waals surface area contributed by atoms with Crippen molar-refractivity contribution in [1.29, 1.82) is 0 Å². The largest absolute Gasteiger partial charge is 0.492 e. The summed E-state index contributed by atoms with van der Waals surface area (Å²) in [7, 11) is -3.21. The second kappa shape index (κ2) is 12.2. The van der Waals surface area contributed by atoms with Crippen LogP contribution in [0.2, 0.25) is 0 Å². The van der Waals surface area contributed by atoms with Gasteiger partial charge in [0.25, 0.3) is 0 Å². The van der Waals surface area contributed by atoms with Crippen LogP contribution in [0.3, 0.4) is 0 Å². The Morgan fingerprint density at radius 1 is 1.06 bits per heavy atom. The summed E-state index contributed by atoms with van der Waals surface area (Å²) in [5.74, 6) is 1.23. The van der Waals surface area contributed by atoms with Gasteiger partial charge in [0, 0.05) is 44.7 Å². The molecule has 1 aliphatic rings. The smallest absolute Gasteiger partial charge is 0.194 e. The van der Waals surface area contributed by atoms with E-state index >= 15 is 0 Å². The number of nitrogens with one attached hydrogen (secondary N) is 1. The van der Waals surface area contributed by atoms with Crippen molar-refractivity contribution in [1.82, 2.24) is 10.2 Å². The summed E-state index contributed by atoms with van der Waals surface area (Å²) in [4.78, 5) is 9.38. The van der Waals surface area contributed by atoms with E-state index in [9.17, 15) is 12.8 Å². The van der Waals surface area contributed by atoms with Crippen molar-refractivity contribution in [3.8, 4) is 5.75 Å². The molecule has 0 aliphatic carbocycles. The molecule has 1 saturated heterocycles. The number of rotatable bonds is 7. The number of hydrogen-bond acceptors (Lipinski definition) is 5. The van der Waals surface area contributed by atoms with Crippen LogP contribution in [0.1, 0.15) is 6.92 Å². The first kappa shape index (κ1) is 26.2. The molecule has 7 nitrogen and oxygen atoms in total. The molecule has 1 N–H and O–H groups in total. The van der Waals surface area contributed by atoms with Gasteiger partial charge < -0.3 is 19.9 Å². The first-order valence-corrected chi connectivity index (χ1v) is 12.2. The number of piperazine rings is 1. The molecule has 0 saturated carbocycles. The Labute approximate surface area is 206 Å². The highest BCUT2D eigenvalue weighted by Crippen LogP contribution is 2.17. The van der Waals surface area contributed by atoms with Gasteiger partial charge in [0.1, 0.15) is 18.2 Å². The molecule has 2 aromatic rings. The third-order valence-electron chi connectivity index (χ3n) is 4.98. The number of sulfone groups is 1. The third-order valence-corrected chi connectivity index (χ3v) is 6.11. The molecular formula is C22H30FIN4O3S. The van der Waals surface area contributed by atoms with Crippen molar-refractivity contribution in [2.24, 2.45) is 4.99 Å². The summed E-state index contributed by atoms with van der Waals surface area (Å²) in [5, 5.41) is 3.32. The van der Waals surface area contributed by atoms with Gasteiger partial charge in [0.2, 0.25) is 0 Å². The molecule has 0 atom stereocenters. The van der Waals surface area contributed by atoms with Gasteiger partial charge in [-0.2, -0.15) is 0 Å². The van der Waals surface area contributed by atoms with E-state index in [4.69, 9.17) is 4.74 Å². The minimum absolute atomic E-state index is 0. The first-order valence-electron chi connectivity index (χ1n) is 10.3. The molecule has 0 radical (unpaired) electrons. The number of anilines is 1. The lowest BCUT2D eigenvalue weighted by molar-refractivity contribution is 0.325. The van der Waals surface area contributed by atoms with Crippen LogP contribution in [-0.4, -0.2) is 71.4 Å². The number of halogens is 2. The summed E-state index contributed by atoms with van der Waals surface area (Å²) >= 11 is 0. The molecule has 1 heterocycles. The van der Waals surface area contributed by atoms with Crippen LogP contribution in [0.25, 0.3) is 0 Å². The minimum Gasteiger partial charge on any atom is -0.492 e. The molecule has 176 valence electrons. The minimum atomic E-state index is -3.21. The van der Waals surface area contributed by atoms with Crippen LogP contribution in [0.4, 0.5) is 10.1 Å². The zero-order valence-corrected chi connectivity index (χ0v) is 21.5. The monoisotopic (exact) mass is 576 g/mol. The lowest BCUT2D eigenvalue weighted by atomic mass is 10.2. The van der Waals surface area contributed by atoms with Crippen LogP contribution in [-0.2, 0) is 9.84 Å². The molecule has 1 fully saturated rings. The van der Waals surface area contributed by atoms with Crippen LogP contribution >= 0.6 is 24.0 Å². The lowest BCUT2D eigenvalue weighted by Gasteiger charge is -2.37. The van der Waals surface area contributed by atoms with E-state index in [0.717, 1.165) is 44.4 Å². The summed E-state index contributed by atoms with van der Waals surface area (Å²) in [6.45, 7) is 6.97. The van der Waals surface area contributed by atoms with Crippen molar-refractivity contribution in [2.75, 3.05) is 57.0 Å². The number of hydrogen-bond donors (Lipinski definition) is 1. The number of aliphatic imine (C=N–C) groups is 1. The Morgan fingerprint density at radius 3 is 2.25 bits per heavy atom. The quantitative estimate of drug-likeness (QED) is 0.237. The number of benzene rings is 2. The molecule has 0 unspecified atom stereocenters. The van der Waals surface area contributed by atoms with Gasteiger partial charge in [-0.1, -0.05) is 0 Å². The normalized spacial score (nSPS) is 14.7. The second-order valence-electron chi connectivity index (χ2n) is 7.28. The molecule has 0 amide bonds. The Hall–Kier alpha value is -2.08. The predicted molar refractivity (Wildman–Crippen MR) is 137 cm³/mol. The molecule has 32 heavy (non-hydrogen) atoms. The van der Waals surface area contributed by atoms with Gasteiger partial charge in [-0.05, 0) is 55.5 Å². The molecule has 0 bridgehead atoms. The zero-order valence-electron chi connectivity index (χ0n) is 18.3. The molecule has 2 aromatic carbocycles. The fraction of sp³-hybridized carbons (Fsp3) is 0.409. The van der Waals surface area contributed by atoms with E-state index in [0.29, 0.717) is 18.9 Å². The van der Waals surface area contributed by atoms with Crippen LogP contribution in [0.15, 0.2) is 58.4 Å². The van der Waals surface area contributed by atoms with Crippen molar-refractivity contribution >= 4 is 45.5 Å². The Bertz CT molecular complexity index is 977. The fourth-order valence-electron chi connectivity index (χ4n) is 3.35. The van der Waals surface area contributed by atoms with Gasteiger partial charge in [-0.25, -0.2) is 17.8 Å². The number of guanidine groups is 1. The molecule has 3 rings (SSSR count). The van der Waals surface area contributed by atoms with Crippen molar-refractivity contribution < 1.29 is 17.5 Å². The maximum atomic E-state index is 13.1. The molecule has 10 heteroatoms.